The number of halogens is 3. The van der Waals surface area contributed by atoms with Gasteiger partial charge in [-0.3, -0.25) is 14.6 Å². The van der Waals surface area contributed by atoms with E-state index in [0.717, 1.165) is 31.7 Å². The zero-order valence-corrected chi connectivity index (χ0v) is 17.3. The number of anilines is 2. The maximum atomic E-state index is 13.2. The van der Waals surface area contributed by atoms with Gasteiger partial charge >= 0.3 is 6.18 Å². The molecule has 33 heavy (non-hydrogen) atoms. The average molecular weight is 465 g/mol. The third kappa shape index (κ3) is 5.74. The number of carbonyl (C=O) groups excluding carboxylic acids is 1. The summed E-state index contributed by atoms with van der Waals surface area (Å²) in [5.74, 6) is -0.222. The van der Waals surface area contributed by atoms with Gasteiger partial charge in [0.1, 0.15) is 11.4 Å². The largest absolute Gasteiger partial charge is 0.483 e. The summed E-state index contributed by atoms with van der Waals surface area (Å²) in [4.78, 5) is 29.0. The monoisotopic (exact) mass is 465 g/mol. The lowest BCUT2D eigenvalue weighted by Gasteiger charge is -2.29. The summed E-state index contributed by atoms with van der Waals surface area (Å²) in [5.41, 5.74) is 5.03. The highest BCUT2D eigenvalue weighted by Crippen LogP contribution is 2.34. The van der Waals surface area contributed by atoms with E-state index in [1.807, 2.05) is 0 Å². The van der Waals surface area contributed by atoms with Crippen LogP contribution in [-0.2, 0) is 11.0 Å². The quantitative estimate of drug-likeness (QED) is 0.430. The van der Waals surface area contributed by atoms with E-state index in [9.17, 15) is 18.0 Å². The van der Waals surface area contributed by atoms with Crippen LogP contribution in [-0.4, -0.2) is 49.2 Å². The summed E-state index contributed by atoms with van der Waals surface area (Å²) >= 11 is 0. The first-order valence-electron chi connectivity index (χ1n) is 10.0. The minimum Gasteiger partial charge on any atom is -0.483 e. The van der Waals surface area contributed by atoms with Crippen molar-refractivity contribution in [3.05, 3.63) is 48.0 Å². The normalized spacial score (nSPS) is 18.2. The molecule has 3 aromatic heterocycles. The van der Waals surface area contributed by atoms with Crippen LogP contribution in [0.15, 0.2) is 36.9 Å². The molecule has 0 saturated heterocycles. The fourth-order valence-electron chi connectivity index (χ4n) is 3.56. The maximum absolute atomic E-state index is 13.2. The summed E-state index contributed by atoms with van der Waals surface area (Å²) in [7, 11) is 0. The van der Waals surface area contributed by atoms with Gasteiger partial charge in [0.25, 0.3) is 12.4 Å². The molecule has 0 spiro atoms. The lowest BCUT2D eigenvalue weighted by atomic mass is 9.91. The zero-order valence-electron chi connectivity index (χ0n) is 17.3. The Morgan fingerprint density at radius 3 is 2.67 bits per heavy atom. The van der Waals surface area contributed by atoms with Crippen LogP contribution in [0.4, 0.5) is 24.7 Å². The molecule has 0 unspecified atom stereocenters. The van der Waals surface area contributed by atoms with Crippen molar-refractivity contribution in [2.75, 3.05) is 10.6 Å². The molecule has 1 amide bonds. The molecule has 3 aromatic rings. The number of nitrogens with one attached hydrogen (secondary N) is 2. The minimum absolute atomic E-state index is 0.0111. The summed E-state index contributed by atoms with van der Waals surface area (Å²) in [6.45, 7) is -0.250. The molecule has 1 fully saturated rings. The van der Waals surface area contributed by atoms with Crippen LogP contribution in [0.5, 0.6) is 0 Å². The number of nitrogens with zero attached hydrogens (tertiary/aromatic N) is 4. The van der Waals surface area contributed by atoms with Gasteiger partial charge in [0, 0.05) is 30.7 Å². The lowest BCUT2D eigenvalue weighted by Crippen LogP contribution is -2.42. The molecule has 0 aliphatic heterocycles. The molecule has 1 aliphatic carbocycles. The van der Waals surface area contributed by atoms with Crippen molar-refractivity contribution in [1.82, 2.24) is 19.6 Å². The molecule has 3 heterocycles. The number of fused-ring (bicyclic) bond motifs is 1. The first-order chi connectivity index (χ1) is 15.7. The van der Waals surface area contributed by atoms with E-state index < -0.39 is 17.6 Å². The van der Waals surface area contributed by atoms with Gasteiger partial charge in [-0.05, 0) is 25.0 Å². The Labute approximate surface area is 186 Å². The van der Waals surface area contributed by atoms with Crippen molar-refractivity contribution in [3.63, 3.8) is 0 Å². The predicted molar refractivity (Wildman–Crippen MR) is 113 cm³/mol. The van der Waals surface area contributed by atoms with E-state index in [4.69, 9.17) is 15.6 Å². The summed E-state index contributed by atoms with van der Waals surface area (Å²) < 4.78 is 40.9. The van der Waals surface area contributed by atoms with Crippen molar-refractivity contribution in [3.8, 4) is 0 Å². The first-order valence-corrected chi connectivity index (χ1v) is 10.0. The highest BCUT2D eigenvalue weighted by Gasteiger charge is 2.34. The molecule has 0 aromatic carbocycles. The van der Waals surface area contributed by atoms with Crippen molar-refractivity contribution < 1.29 is 27.9 Å². The number of pyridine rings is 1. The Balaban J connectivity index is 0.000000968. The highest BCUT2D eigenvalue weighted by atomic mass is 19.4. The van der Waals surface area contributed by atoms with Gasteiger partial charge in [0.15, 0.2) is 5.65 Å². The minimum atomic E-state index is -4.65. The number of alkyl halides is 3. The van der Waals surface area contributed by atoms with Crippen LogP contribution in [0.3, 0.4) is 0 Å². The zero-order chi connectivity index (χ0) is 24.0. The van der Waals surface area contributed by atoms with Crippen molar-refractivity contribution >= 4 is 29.5 Å². The fourth-order valence-corrected chi connectivity index (χ4v) is 3.56. The smallest absolute Gasteiger partial charge is 0.419 e. The summed E-state index contributed by atoms with van der Waals surface area (Å²) in [5, 5.41) is 16.5. The van der Waals surface area contributed by atoms with Crippen LogP contribution in [0.1, 0.15) is 41.6 Å². The van der Waals surface area contributed by atoms with Crippen LogP contribution in [0, 0.1) is 0 Å². The van der Waals surface area contributed by atoms with E-state index in [-0.39, 0.29) is 35.5 Å². The molecule has 0 radical (unpaired) electrons. The second-order valence-corrected chi connectivity index (χ2v) is 7.32. The van der Waals surface area contributed by atoms with Gasteiger partial charge in [0.05, 0.1) is 17.4 Å². The van der Waals surface area contributed by atoms with Gasteiger partial charge in [0.2, 0.25) is 0 Å². The molecular formula is C20H22F3N7O3. The van der Waals surface area contributed by atoms with Gasteiger partial charge < -0.3 is 21.5 Å². The summed E-state index contributed by atoms with van der Waals surface area (Å²) in [6.07, 6.45) is 4.09. The van der Waals surface area contributed by atoms with Crippen LogP contribution < -0.4 is 16.4 Å². The SMILES string of the molecule is N[C@H]1CCCC[C@H]1Nc1ccn2ncc(C(=O)Nc3ccncc3C(F)(F)F)c2n1.O=CO. The van der Waals surface area contributed by atoms with E-state index in [1.54, 1.807) is 12.3 Å². The van der Waals surface area contributed by atoms with Gasteiger partial charge in [-0.25, -0.2) is 9.50 Å². The molecule has 5 N–H and O–H groups in total. The van der Waals surface area contributed by atoms with E-state index in [1.165, 1.54) is 16.9 Å². The third-order valence-corrected chi connectivity index (χ3v) is 5.14. The van der Waals surface area contributed by atoms with Crippen molar-refractivity contribution in [2.45, 2.75) is 43.9 Å². The Morgan fingerprint density at radius 1 is 1.24 bits per heavy atom. The molecule has 1 saturated carbocycles. The number of rotatable bonds is 4. The van der Waals surface area contributed by atoms with Crippen molar-refractivity contribution in [1.29, 1.82) is 0 Å². The molecule has 4 rings (SSSR count). The molecule has 1 aliphatic rings. The number of aromatic nitrogens is 4. The molecule has 13 heteroatoms. The lowest BCUT2D eigenvalue weighted by molar-refractivity contribution is -0.137. The second kappa shape index (κ2) is 10.3. The van der Waals surface area contributed by atoms with Crippen LogP contribution in [0.2, 0.25) is 0 Å². The average Bonchev–Trinajstić information content (AvgIpc) is 3.19. The number of amides is 1. The molecule has 10 nitrogen and oxygen atoms in total. The predicted octanol–water partition coefficient (Wildman–Crippen LogP) is 2.78. The molecule has 2 atom stereocenters. The molecular weight excluding hydrogens is 443 g/mol. The third-order valence-electron chi connectivity index (χ3n) is 5.14. The van der Waals surface area contributed by atoms with E-state index >= 15 is 0 Å². The highest BCUT2D eigenvalue weighted by molar-refractivity contribution is 6.08. The Bertz CT molecular complexity index is 1120. The van der Waals surface area contributed by atoms with Gasteiger partial charge in [-0.15, -0.1) is 0 Å². The number of carboxylic acid groups (broad SMARTS) is 1. The van der Waals surface area contributed by atoms with E-state index in [2.05, 4.69) is 25.7 Å². The first kappa shape index (κ1) is 23.9. The van der Waals surface area contributed by atoms with Crippen LogP contribution in [0.25, 0.3) is 5.65 Å². The maximum Gasteiger partial charge on any atom is 0.419 e. The number of hydrogen-bond acceptors (Lipinski definition) is 7. The van der Waals surface area contributed by atoms with Gasteiger partial charge in [-0.2, -0.15) is 18.3 Å². The Morgan fingerprint density at radius 2 is 1.97 bits per heavy atom. The fraction of sp³-hybridized carbons (Fsp3) is 0.350. The van der Waals surface area contributed by atoms with Gasteiger partial charge in [-0.1, -0.05) is 12.8 Å². The van der Waals surface area contributed by atoms with E-state index in [0.29, 0.717) is 12.0 Å². The number of nitrogens with two attached hydrogens (primary N) is 1. The summed E-state index contributed by atoms with van der Waals surface area (Å²) in [6, 6.07) is 2.89. The van der Waals surface area contributed by atoms with Crippen LogP contribution >= 0.6 is 0 Å². The van der Waals surface area contributed by atoms with Crippen molar-refractivity contribution in [2.24, 2.45) is 5.73 Å². The topological polar surface area (TPSA) is 148 Å². The number of carbonyl (C=O) groups is 2. The molecule has 176 valence electrons. The molecule has 0 bridgehead atoms. The second-order valence-electron chi connectivity index (χ2n) is 7.32. The standard InChI is InChI=1S/C19H20F3N7O.CH2O2/c20-19(21,22)12-10-24-7-5-14(12)27-18(30)11-9-25-29-8-6-16(28-17(11)29)26-15-4-2-1-3-13(15)23;2-1-3/h5-10,13,15H,1-4,23H2,(H,26,28)(H,24,27,30);1H,(H,2,3)/t13-,15+;/m0./s1. The Hall–Kier alpha value is -3.74. The Kier molecular flexibility index (Phi) is 7.43. The number of hydrogen-bond donors (Lipinski definition) is 4.